The van der Waals surface area contributed by atoms with E-state index in [0.717, 1.165) is 12.8 Å². The molecular weight excluding hydrogens is 232 g/mol. The number of carbonyl (C=O) groups is 1. The number of aromatic nitrogens is 1. The summed E-state index contributed by atoms with van der Waals surface area (Å²) >= 11 is 0. The Labute approximate surface area is 106 Å². The number of carboxylic acids is 1. The fraction of sp³-hybridized carbons (Fsp3) is 0.538. The van der Waals surface area contributed by atoms with Crippen molar-refractivity contribution in [1.82, 2.24) is 4.98 Å². The second-order valence-electron chi connectivity index (χ2n) is 4.41. The number of carboxylic acid groups (broad SMARTS) is 1. The molecule has 0 bridgehead atoms. The normalized spacial score (nSPS) is 15.8. The summed E-state index contributed by atoms with van der Waals surface area (Å²) in [6, 6.07) is 3.15. The summed E-state index contributed by atoms with van der Waals surface area (Å²) in [6.07, 6.45) is 6.75. The van der Waals surface area contributed by atoms with Crippen LogP contribution in [0, 0.1) is 0 Å². The van der Waals surface area contributed by atoms with Crippen molar-refractivity contribution >= 4 is 11.8 Å². The molecule has 0 aliphatic heterocycles. The maximum atomic E-state index is 11.0. The van der Waals surface area contributed by atoms with Gasteiger partial charge in [-0.05, 0) is 25.0 Å². The quantitative estimate of drug-likeness (QED) is 0.757. The summed E-state index contributed by atoms with van der Waals surface area (Å²) in [5, 5.41) is 12.0. The van der Waals surface area contributed by atoms with E-state index in [9.17, 15) is 4.79 Å². The molecule has 0 atom stereocenters. The van der Waals surface area contributed by atoms with E-state index in [1.165, 1.54) is 18.9 Å². The van der Waals surface area contributed by atoms with Gasteiger partial charge < -0.3 is 15.2 Å². The average Bonchev–Trinajstić information content (AvgIpc) is 2.88. The third-order valence-corrected chi connectivity index (χ3v) is 3.09. The van der Waals surface area contributed by atoms with E-state index in [4.69, 9.17) is 9.84 Å². The molecule has 5 heteroatoms. The molecule has 0 saturated heterocycles. The second-order valence-corrected chi connectivity index (χ2v) is 4.41. The van der Waals surface area contributed by atoms with Gasteiger partial charge in [0.15, 0.2) is 0 Å². The molecule has 0 spiro atoms. The molecule has 1 aromatic rings. The first kappa shape index (κ1) is 12.8. The minimum Gasteiger partial charge on any atom is -0.478 e. The van der Waals surface area contributed by atoms with E-state index in [0.29, 0.717) is 25.1 Å². The Morgan fingerprint density at radius 3 is 3.00 bits per heavy atom. The van der Waals surface area contributed by atoms with Crippen LogP contribution in [0.4, 0.5) is 5.82 Å². The summed E-state index contributed by atoms with van der Waals surface area (Å²) < 4.78 is 5.69. The molecule has 0 aromatic carbocycles. The Morgan fingerprint density at radius 2 is 2.28 bits per heavy atom. The van der Waals surface area contributed by atoms with Gasteiger partial charge in [0, 0.05) is 12.7 Å². The van der Waals surface area contributed by atoms with Crippen molar-refractivity contribution in [2.45, 2.75) is 31.8 Å². The van der Waals surface area contributed by atoms with Crippen LogP contribution in [0.2, 0.25) is 0 Å². The van der Waals surface area contributed by atoms with E-state index >= 15 is 0 Å². The maximum absolute atomic E-state index is 11.0. The van der Waals surface area contributed by atoms with E-state index in [-0.39, 0.29) is 5.56 Å². The van der Waals surface area contributed by atoms with Crippen LogP contribution in [0.15, 0.2) is 18.3 Å². The van der Waals surface area contributed by atoms with Gasteiger partial charge in [0.2, 0.25) is 0 Å². The summed E-state index contributed by atoms with van der Waals surface area (Å²) in [4.78, 5) is 15.0. The molecule has 1 heterocycles. The Morgan fingerprint density at radius 1 is 1.50 bits per heavy atom. The molecule has 18 heavy (non-hydrogen) atoms. The number of nitrogens with zero attached hydrogens (tertiary/aromatic N) is 1. The number of hydrogen-bond acceptors (Lipinski definition) is 4. The fourth-order valence-electron chi connectivity index (χ4n) is 2.17. The molecule has 0 unspecified atom stereocenters. The number of ether oxygens (including phenoxy) is 1. The molecule has 1 fully saturated rings. The summed E-state index contributed by atoms with van der Waals surface area (Å²) in [6.45, 7) is 1.16. The molecular formula is C13H18N2O3. The van der Waals surface area contributed by atoms with Crippen LogP contribution in [-0.2, 0) is 4.74 Å². The first-order valence-electron chi connectivity index (χ1n) is 6.31. The predicted molar refractivity (Wildman–Crippen MR) is 67.9 cm³/mol. The minimum atomic E-state index is -0.970. The second kappa shape index (κ2) is 6.35. The van der Waals surface area contributed by atoms with E-state index in [1.807, 2.05) is 0 Å². The Bertz CT molecular complexity index is 403. The lowest BCUT2D eigenvalue weighted by molar-refractivity contribution is 0.0655. The van der Waals surface area contributed by atoms with Gasteiger partial charge in [0.1, 0.15) is 11.4 Å². The van der Waals surface area contributed by atoms with Crippen LogP contribution < -0.4 is 5.32 Å². The number of anilines is 1. The number of rotatable bonds is 6. The van der Waals surface area contributed by atoms with Crippen LogP contribution in [0.3, 0.4) is 0 Å². The lowest BCUT2D eigenvalue weighted by Crippen LogP contribution is -2.17. The molecule has 98 valence electrons. The van der Waals surface area contributed by atoms with Crippen molar-refractivity contribution in [1.29, 1.82) is 0 Å². The van der Waals surface area contributed by atoms with E-state index in [2.05, 4.69) is 10.3 Å². The topological polar surface area (TPSA) is 71.5 Å². The molecule has 1 saturated carbocycles. The van der Waals surface area contributed by atoms with Crippen LogP contribution in [-0.4, -0.2) is 35.3 Å². The molecule has 5 nitrogen and oxygen atoms in total. The molecule has 0 radical (unpaired) electrons. The third-order valence-electron chi connectivity index (χ3n) is 3.09. The predicted octanol–water partition coefficient (Wildman–Crippen LogP) is 2.15. The highest BCUT2D eigenvalue weighted by molar-refractivity contribution is 5.92. The largest absolute Gasteiger partial charge is 0.478 e. The van der Waals surface area contributed by atoms with Crippen molar-refractivity contribution < 1.29 is 14.6 Å². The monoisotopic (exact) mass is 250 g/mol. The molecule has 2 rings (SSSR count). The number of hydrogen-bond donors (Lipinski definition) is 2. The van der Waals surface area contributed by atoms with Crippen molar-refractivity contribution in [2.75, 3.05) is 18.5 Å². The lowest BCUT2D eigenvalue weighted by atomic mass is 10.2. The average molecular weight is 250 g/mol. The highest BCUT2D eigenvalue weighted by Gasteiger charge is 2.15. The van der Waals surface area contributed by atoms with Crippen LogP contribution in [0.25, 0.3) is 0 Å². The van der Waals surface area contributed by atoms with Gasteiger partial charge in [-0.2, -0.15) is 0 Å². The van der Waals surface area contributed by atoms with Crippen LogP contribution in [0.5, 0.6) is 0 Å². The highest BCUT2D eigenvalue weighted by Crippen LogP contribution is 2.20. The van der Waals surface area contributed by atoms with Gasteiger partial charge in [0.05, 0.1) is 12.7 Å². The number of pyridine rings is 1. The van der Waals surface area contributed by atoms with Gasteiger partial charge in [-0.25, -0.2) is 9.78 Å². The SMILES string of the molecule is O=C(O)c1cccnc1NCCOC1CCCC1. The lowest BCUT2D eigenvalue weighted by Gasteiger charge is -2.12. The van der Waals surface area contributed by atoms with Gasteiger partial charge in [0.25, 0.3) is 0 Å². The smallest absolute Gasteiger partial charge is 0.339 e. The third kappa shape index (κ3) is 3.43. The number of nitrogens with one attached hydrogen (secondary N) is 1. The number of aromatic carboxylic acids is 1. The molecule has 0 amide bonds. The summed E-state index contributed by atoms with van der Waals surface area (Å²) in [5.74, 6) is -0.567. The van der Waals surface area contributed by atoms with Crippen LogP contribution >= 0.6 is 0 Å². The van der Waals surface area contributed by atoms with Crippen molar-refractivity contribution in [2.24, 2.45) is 0 Å². The van der Waals surface area contributed by atoms with Crippen molar-refractivity contribution in [3.8, 4) is 0 Å². The Balaban J connectivity index is 1.77. The standard InChI is InChI=1S/C13H18N2O3/c16-13(17)11-6-3-7-14-12(11)15-8-9-18-10-4-1-2-5-10/h3,6-7,10H,1-2,4-5,8-9H2,(H,14,15)(H,16,17). The molecule has 1 aromatic heterocycles. The van der Waals surface area contributed by atoms with Crippen LogP contribution in [0.1, 0.15) is 36.0 Å². The maximum Gasteiger partial charge on any atom is 0.339 e. The zero-order chi connectivity index (χ0) is 12.8. The molecule has 1 aliphatic carbocycles. The van der Waals surface area contributed by atoms with Gasteiger partial charge in [-0.15, -0.1) is 0 Å². The summed E-state index contributed by atoms with van der Waals surface area (Å²) in [7, 11) is 0. The Hall–Kier alpha value is -1.62. The van der Waals surface area contributed by atoms with Crippen molar-refractivity contribution in [3.05, 3.63) is 23.9 Å². The van der Waals surface area contributed by atoms with Crippen molar-refractivity contribution in [3.63, 3.8) is 0 Å². The first-order valence-corrected chi connectivity index (χ1v) is 6.31. The summed E-state index contributed by atoms with van der Waals surface area (Å²) in [5.41, 5.74) is 0.193. The first-order chi connectivity index (χ1) is 8.77. The minimum absolute atomic E-state index is 0.193. The van der Waals surface area contributed by atoms with Gasteiger partial charge in [-0.3, -0.25) is 0 Å². The van der Waals surface area contributed by atoms with E-state index < -0.39 is 5.97 Å². The fourth-order valence-corrected chi connectivity index (χ4v) is 2.17. The van der Waals surface area contributed by atoms with Gasteiger partial charge in [-0.1, -0.05) is 12.8 Å². The Kier molecular flexibility index (Phi) is 4.52. The molecule has 1 aliphatic rings. The zero-order valence-electron chi connectivity index (χ0n) is 10.3. The molecule has 2 N–H and O–H groups in total. The van der Waals surface area contributed by atoms with Gasteiger partial charge >= 0.3 is 5.97 Å². The highest BCUT2D eigenvalue weighted by atomic mass is 16.5. The van der Waals surface area contributed by atoms with E-state index in [1.54, 1.807) is 12.3 Å². The zero-order valence-corrected chi connectivity index (χ0v) is 10.3.